The molecule has 0 spiro atoms. The van der Waals surface area contributed by atoms with Gasteiger partial charge >= 0.3 is 0 Å². The van der Waals surface area contributed by atoms with Crippen molar-refractivity contribution < 1.29 is 13.2 Å². The van der Waals surface area contributed by atoms with Crippen molar-refractivity contribution in [3.8, 4) is 0 Å². The molecular formula is C19H25NO3S2. The number of carbonyl (C=O) groups is 1. The number of sulfone groups is 1. The van der Waals surface area contributed by atoms with Gasteiger partial charge in [-0.15, -0.1) is 11.3 Å². The molecule has 1 aromatic heterocycles. The van der Waals surface area contributed by atoms with E-state index in [4.69, 9.17) is 0 Å². The molecule has 0 bridgehead atoms. The molecule has 0 aliphatic carbocycles. The Kier molecular flexibility index (Phi) is 5.26. The van der Waals surface area contributed by atoms with E-state index in [0.29, 0.717) is 5.01 Å². The van der Waals surface area contributed by atoms with Crippen LogP contribution in [0.4, 0.5) is 0 Å². The lowest BCUT2D eigenvalue weighted by Crippen LogP contribution is -2.41. The summed E-state index contributed by atoms with van der Waals surface area (Å²) < 4.78 is 24.3. The number of carbonyl (C=O) groups excluding carboxylic acids is 1. The van der Waals surface area contributed by atoms with Crippen LogP contribution in [0, 0.1) is 6.92 Å². The van der Waals surface area contributed by atoms with Gasteiger partial charge in [0.05, 0.1) is 17.0 Å². The Morgan fingerprint density at radius 2 is 1.64 bits per heavy atom. The Morgan fingerprint density at radius 1 is 1.08 bits per heavy atom. The number of ketones is 1. The summed E-state index contributed by atoms with van der Waals surface area (Å²) in [4.78, 5) is 18.6. The normalized spacial score (nSPS) is 13.0. The third kappa shape index (κ3) is 3.85. The zero-order valence-corrected chi connectivity index (χ0v) is 17.2. The second-order valence-corrected chi connectivity index (χ2v) is 11.3. The molecule has 2 rings (SSSR count). The Labute approximate surface area is 154 Å². The summed E-state index contributed by atoms with van der Waals surface area (Å²) in [5, 5.41) is 0.670. The van der Waals surface area contributed by atoms with Gasteiger partial charge in [0.15, 0.2) is 15.6 Å². The maximum Gasteiger partial charge on any atom is 0.190 e. The van der Waals surface area contributed by atoms with Crippen LogP contribution >= 0.6 is 11.3 Å². The van der Waals surface area contributed by atoms with E-state index in [-0.39, 0.29) is 22.5 Å². The number of thiazole rings is 1. The molecule has 1 aromatic carbocycles. The second-order valence-electron chi connectivity index (χ2n) is 7.70. The third-order valence-corrected chi connectivity index (χ3v) is 8.28. The molecule has 0 aliphatic rings. The summed E-state index contributed by atoms with van der Waals surface area (Å²) in [5.41, 5.74) is 0.860. The Hall–Kier alpha value is -1.53. The lowest BCUT2D eigenvalue weighted by atomic mass is 9.93. The molecule has 25 heavy (non-hydrogen) atoms. The van der Waals surface area contributed by atoms with Crippen LogP contribution in [-0.4, -0.2) is 23.9 Å². The van der Waals surface area contributed by atoms with Gasteiger partial charge in [-0.3, -0.25) is 4.79 Å². The van der Waals surface area contributed by atoms with Crippen LogP contribution in [0.1, 0.15) is 50.2 Å². The van der Waals surface area contributed by atoms with E-state index in [0.717, 1.165) is 10.6 Å². The number of hydrogen-bond acceptors (Lipinski definition) is 5. The van der Waals surface area contributed by atoms with Crippen molar-refractivity contribution in [1.29, 1.82) is 0 Å². The van der Waals surface area contributed by atoms with Crippen molar-refractivity contribution >= 4 is 27.0 Å². The molecule has 0 N–H and O–H groups in total. The highest BCUT2D eigenvalue weighted by molar-refractivity contribution is 7.93. The van der Waals surface area contributed by atoms with Crippen molar-refractivity contribution in [2.75, 3.05) is 0 Å². The van der Waals surface area contributed by atoms with Crippen molar-refractivity contribution in [3.05, 3.63) is 45.9 Å². The number of nitrogens with zero attached hydrogens (tertiary/aromatic N) is 1. The molecule has 1 heterocycles. The largest absolute Gasteiger partial charge is 0.297 e. The Morgan fingerprint density at radius 3 is 2.12 bits per heavy atom. The number of aryl methyl sites for hydroxylation is 1. The predicted octanol–water partition coefficient (Wildman–Crippen LogP) is 4.11. The molecule has 0 unspecified atom stereocenters. The summed E-state index contributed by atoms with van der Waals surface area (Å²) in [6.45, 7) is 11.2. The van der Waals surface area contributed by atoms with Gasteiger partial charge in [-0.05, 0) is 38.3 Å². The molecule has 6 heteroatoms. The molecule has 0 aliphatic heterocycles. The number of benzene rings is 1. The summed E-state index contributed by atoms with van der Waals surface area (Å²) in [5.74, 6) is -0.342. The van der Waals surface area contributed by atoms with E-state index >= 15 is 0 Å². The smallest absolute Gasteiger partial charge is 0.190 e. The molecule has 136 valence electrons. The van der Waals surface area contributed by atoms with E-state index in [1.807, 2.05) is 6.92 Å². The number of aromatic nitrogens is 1. The van der Waals surface area contributed by atoms with Crippen molar-refractivity contribution in [1.82, 2.24) is 4.98 Å². The van der Waals surface area contributed by atoms with Crippen LogP contribution in [0.3, 0.4) is 0 Å². The highest BCUT2D eigenvalue weighted by atomic mass is 32.2. The van der Waals surface area contributed by atoms with Crippen molar-refractivity contribution in [2.24, 2.45) is 0 Å². The van der Waals surface area contributed by atoms with E-state index in [9.17, 15) is 13.2 Å². The second kappa shape index (κ2) is 6.65. The number of hydrogen-bond donors (Lipinski definition) is 0. The molecule has 4 nitrogen and oxygen atoms in total. The minimum Gasteiger partial charge on any atom is -0.297 e. The minimum atomic E-state index is -3.76. The van der Waals surface area contributed by atoms with Gasteiger partial charge in [-0.25, -0.2) is 13.4 Å². The van der Waals surface area contributed by atoms with Gasteiger partial charge in [0.2, 0.25) is 0 Å². The van der Waals surface area contributed by atoms with Crippen LogP contribution in [0.5, 0.6) is 0 Å². The standard InChI is InChI=1S/C19H25NO3S2/c1-13-17(18(2,3)4)24-16(20-13)12-15(21)19(5,6)25(22,23)14-10-8-7-9-11-14/h7-11H,12H2,1-6H3. The quantitative estimate of drug-likeness (QED) is 0.784. The fourth-order valence-electron chi connectivity index (χ4n) is 2.62. The maximum atomic E-state index is 12.9. The van der Waals surface area contributed by atoms with Crippen LogP contribution in [0.25, 0.3) is 0 Å². The number of rotatable bonds is 5. The molecular weight excluding hydrogens is 354 g/mol. The Bertz CT molecular complexity index is 873. The summed E-state index contributed by atoms with van der Waals surface area (Å²) in [6.07, 6.45) is 0.0284. The molecule has 0 fully saturated rings. The van der Waals surface area contributed by atoms with Gasteiger partial charge in [-0.1, -0.05) is 39.0 Å². The zero-order valence-electron chi connectivity index (χ0n) is 15.6. The lowest BCUT2D eigenvalue weighted by Gasteiger charge is -2.23. The molecule has 0 amide bonds. The van der Waals surface area contributed by atoms with Crippen molar-refractivity contribution in [2.45, 2.75) is 63.0 Å². The van der Waals surface area contributed by atoms with Crippen LogP contribution < -0.4 is 0 Å². The van der Waals surface area contributed by atoms with E-state index in [2.05, 4.69) is 25.8 Å². The maximum absolute atomic E-state index is 12.9. The van der Waals surface area contributed by atoms with Crippen LogP contribution in [-0.2, 0) is 26.5 Å². The predicted molar refractivity (Wildman–Crippen MR) is 102 cm³/mol. The fourth-order valence-corrected chi connectivity index (χ4v) is 5.22. The minimum absolute atomic E-state index is 0.0284. The highest BCUT2D eigenvalue weighted by Gasteiger charge is 2.42. The summed E-state index contributed by atoms with van der Waals surface area (Å²) in [7, 11) is -3.76. The average molecular weight is 380 g/mol. The van der Waals surface area contributed by atoms with E-state index in [1.54, 1.807) is 18.2 Å². The van der Waals surface area contributed by atoms with Crippen LogP contribution in [0.15, 0.2) is 35.2 Å². The highest BCUT2D eigenvalue weighted by Crippen LogP contribution is 2.33. The fraction of sp³-hybridized carbons (Fsp3) is 0.474. The third-order valence-electron chi connectivity index (χ3n) is 4.23. The SMILES string of the molecule is Cc1nc(CC(=O)C(C)(C)S(=O)(=O)c2ccccc2)sc1C(C)(C)C. The van der Waals surface area contributed by atoms with Gasteiger partial charge in [0.25, 0.3) is 0 Å². The Balaban J connectivity index is 2.31. The molecule has 0 saturated heterocycles. The first-order chi connectivity index (χ1) is 11.4. The topological polar surface area (TPSA) is 64.1 Å². The first-order valence-electron chi connectivity index (χ1n) is 8.17. The van der Waals surface area contributed by atoms with E-state index < -0.39 is 14.6 Å². The van der Waals surface area contributed by atoms with Gasteiger partial charge in [0.1, 0.15) is 9.75 Å². The van der Waals surface area contributed by atoms with Crippen molar-refractivity contribution in [3.63, 3.8) is 0 Å². The van der Waals surface area contributed by atoms with E-state index in [1.165, 1.54) is 37.3 Å². The molecule has 0 radical (unpaired) electrons. The van der Waals surface area contributed by atoms with Crippen LogP contribution in [0.2, 0.25) is 0 Å². The first-order valence-corrected chi connectivity index (χ1v) is 10.5. The van der Waals surface area contributed by atoms with Gasteiger partial charge in [0, 0.05) is 4.88 Å². The first kappa shape index (κ1) is 19.8. The average Bonchev–Trinajstić information content (AvgIpc) is 2.88. The van der Waals surface area contributed by atoms with Gasteiger partial charge < -0.3 is 0 Å². The monoisotopic (exact) mass is 379 g/mol. The lowest BCUT2D eigenvalue weighted by molar-refractivity contribution is -0.120. The zero-order chi connectivity index (χ0) is 19.0. The molecule has 2 aromatic rings. The number of Topliss-reactive ketones (excluding diaryl/α,β-unsaturated/α-hetero) is 1. The summed E-state index contributed by atoms with van der Waals surface area (Å²) >= 11 is 1.49. The van der Waals surface area contributed by atoms with Gasteiger partial charge in [-0.2, -0.15) is 0 Å². The molecule has 0 saturated carbocycles. The summed E-state index contributed by atoms with van der Waals surface area (Å²) in [6, 6.07) is 8.12. The molecule has 0 atom stereocenters.